The van der Waals surface area contributed by atoms with Gasteiger partial charge in [-0.05, 0) is 17.7 Å². The second-order valence-corrected chi connectivity index (χ2v) is 3.44. The third kappa shape index (κ3) is 4.49. The fraction of sp³-hybridized carbons (Fsp3) is 0.273. The Hall–Kier alpha value is -2.25. The van der Waals surface area contributed by atoms with Gasteiger partial charge in [-0.3, -0.25) is 4.79 Å². The van der Waals surface area contributed by atoms with E-state index < -0.39 is 36.0 Å². The van der Waals surface area contributed by atoms with Gasteiger partial charge in [-0.1, -0.05) is 6.07 Å². The van der Waals surface area contributed by atoms with Crippen molar-refractivity contribution in [1.82, 2.24) is 0 Å². The van der Waals surface area contributed by atoms with Crippen molar-refractivity contribution < 1.29 is 37.3 Å². The maximum atomic E-state index is 12.0. The molecule has 0 aromatic heterocycles. The Morgan fingerprint density at radius 3 is 2.47 bits per heavy atom. The van der Waals surface area contributed by atoms with Gasteiger partial charge in [0.25, 0.3) is 0 Å². The van der Waals surface area contributed by atoms with E-state index in [4.69, 9.17) is 0 Å². The number of halogens is 3. The number of ketones is 1. The predicted octanol–water partition coefficient (Wildman–Crippen LogP) is 1.58. The molecule has 0 spiro atoms. The molecule has 0 saturated heterocycles. The number of methoxy groups -OCH3 is 1. The summed E-state index contributed by atoms with van der Waals surface area (Å²) in [5.41, 5.74) is 0.0763. The molecule has 0 saturated carbocycles. The number of esters is 1. The van der Waals surface area contributed by atoms with Crippen molar-refractivity contribution >= 4 is 11.8 Å². The topological polar surface area (TPSA) is 72.8 Å². The number of Topliss-reactive ketones (excluding diaryl/α,β-unsaturated/α-hetero) is 1. The minimum Gasteiger partial charge on any atom is -0.504 e. The van der Waals surface area contributed by atoms with E-state index in [9.17, 15) is 27.9 Å². The van der Waals surface area contributed by atoms with Gasteiger partial charge in [0, 0.05) is 6.42 Å². The van der Waals surface area contributed by atoms with Gasteiger partial charge in [0.05, 0.1) is 7.11 Å². The van der Waals surface area contributed by atoms with Crippen LogP contribution in [0.3, 0.4) is 0 Å². The molecule has 5 nitrogen and oxygen atoms in total. The largest absolute Gasteiger partial charge is 0.573 e. The van der Waals surface area contributed by atoms with Gasteiger partial charge < -0.3 is 14.6 Å². The van der Waals surface area contributed by atoms with Crippen LogP contribution in [-0.2, 0) is 20.7 Å². The zero-order valence-electron chi connectivity index (χ0n) is 9.65. The van der Waals surface area contributed by atoms with Gasteiger partial charge >= 0.3 is 12.3 Å². The van der Waals surface area contributed by atoms with E-state index in [1.807, 2.05) is 0 Å². The Bertz CT molecular complexity index is 496. The molecule has 0 aliphatic rings. The van der Waals surface area contributed by atoms with Crippen molar-refractivity contribution in [3.63, 3.8) is 0 Å². The molecule has 19 heavy (non-hydrogen) atoms. The lowest BCUT2D eigenvalue weighted by molar-refractivity contribution is -0.275. The average Bonchev–Trinajstić information content (AvgIpc) is 2.30. The smallest absolute Gasteiger partial charge is 0.504 e. The van der Waals surface area contributed by atoms with Crippen LogP contribution in [0.15, 0.2) is 18.2 Å². The highest BCUT2D eigenvalue weighted by atomic mass is 19.4. The maximum Gasteiger partial charge on any atom is 0.573 e. The molecule has 1 aromatic carbocycles. The second-order valence-electron chi connectivity index (χ2n) is 3.44. The van der Waals surface area contributed by atoms with E-state index in [-0.39, 0.29) is 5.56 Å². The summed E-state index contributed by atoms with van der Waals surface area (Å²) in [4.78, 5) is 22.1. The number of alkyl halides is 3. The molecule has 0 heterocycles. The van der Waals surface area contributed by atoms with Gasteiger partial charge in [0.1, 0.15) is 0 Å². The van der Waals surface area contributed by atoms with Gasteiger partial charge in [0.2, 0.25) is 5.78 Å². The summed E-state index contributed by atoms with van der Waals surface area (Å²) < 4.78 is 43.8. The fourth-order valence-corrected chi connectivity index (χ4v) is 1.25. The molecule has 0 aliphatic carbocycles. The first-order valence-corrected chi connectivity index (χ1v) is 4.91. The molecule has 0 atom stereocenters. The molecule has 0 aliphatic heterocycles. The van der Waals surface area contributed by atoms with Crippen molar-refractivity contribution in [3.05, 3.63) is 23.8 Å². The van der Waals surface area contributed by atoms with Crippen LogP contribution in [0.4, 0.5) is 13.2 Å². The highest BCUT2D eigenvalue weighted by Crippen LogP contribution is 2.32. The van der Waals surface area contributed by atoms with E-state index in [1.165, 1.54) is 6.07 Å². The number of benzene rings is 1. The fourth-order valence-electron chi connectivity index (χ4n) is 1.25. The maximum absolute atomic E-state index is 12.0. The van der Waals surface area contributed by atoms with Crippen molar-refractivity contribution in [2.75, 3.05) is 7.11 Å². The van der Waals surface area contributed by atoms with Crippen LogP contribution in [0, 0.1) is 0 Å². The Kier molecular flexibility index (Phi) is 4.36. The zero-order chi connectivity index (χ0) is 14.6. The molecule has 0 unspecified atom stereocenters. The normalized spacial score (nSPS) is 10.9. The quantitative estimate of drug-likeness (QED) is 0.668. The molecule has 0 radical (unpaired) electrons. The number of phenols is 1. The van der Waals surface area contributed by atoms with Crippen LogP contribution in [0.1, 0.15) is 5.56 Å². The molecule has 8 heteroatoms. The van der Waals surface area contributed by atoms with Crippen LogP contribution < -0.4 is 4.74 Å². The minimum atomic E-state index is -4.97. The van der Waals surface area contributed by atoms with E-state index in [2.05, 4.69) is 9.47 Å². The Morgan fingerprint density at radius 2 is 1.95 bits per heavy atom. The minimum absolute atomic E-state index is 0.0763. The van der Waals surface area contributed by atoms with Crippen LogP contribution >= 0.6 is 0 Å². The van der Waals surface area contributed by atoms with E-state index in [1.54, 1.807) is 0 Å². The van der Waals surface area contributed by atoms with E-state index >= 15 is 0 Å². The second kappa shape index (κ2) is 5.59. The van der Waals surface area contributed by atoms with Crippen LogP contribution in [-0.4, -0.2) is 30.3 Å². The number of carbonyl (C=O) groups excluding carboxylic acids is 2. The van der Waals surface area contributed by atoms with Gasteiger partial charge in [-0.15, -0.1) is 13.2 Å². The monoisotopic (exact) mass is 278 g/mol. The molecule has 0 fully saturated rings. The first-order valence-electron chi connectivity index (χ1n) is 4.91. The third-order valence-electron chi connectivity index (χ3n) is 2.03. The van der Waals surface area contributed by atoms with Crippen LogP contribution in [0.25, 0.3) is 0 Å². The zero-order valence-corrected chi connectivity index (χ0v) is 9.65. The van der Waals surface area contributed by atoms with Gasteiger partial charge in [-0.2, -0.15) is 0 Å². The summed E-state index contributed by atoms with van der Waals surface area (Å²) in [6.45, 7) is 0. The number of phenolic OH excluding ortho intramolecular Hbond substituents is 1. The molecule has 1 N–H and O–H groups in total. The number of rotatable bonds is 4. The number of hydrogen-bond donors (Lipinski definition) is 1. The number of hydrogen-bond acceptors (Lipinski definition) is 5. The van der Waals surface area contributed by atoms with Crippen LogP contribution in [0.2, 0.25) is 0 Å². The van der Waals surface area contributed by atoms with Crippen LogP contribution in [0.5, 0.6) is 11.5 Å². The number of carbonyl (C=O) groups is 2. The lowest BCUT2D eigenvalue weighted by Crippen LogP contribution is -2.19. The molecular formula is C11H9F3O5. The predicted molar refractivity (Wildman–Crippen MR) is 55.5 cm³/mol. The lowest BCUT2D eigenvalue weighted by Gasteiger charge is -2.11. The summed E-state index contributed by atoms with van der Waals surface area (Å²) in [5, 5.41) is 9.19. The van der Waals surface area contributed by atoms with Crippen molar-refractivity contribution in [3.8, 4) is 11.5 Å². The Labute approximate surface area is 105 Å². The Morgan fingerprint density at radius 1 is 1.32 bits per heavy atom. The van der Waals surface area contributed by atoms with E-state index in [0.717, 1.165) is 19.2 Å². The van der Waals surface area contributed by atoms with Gasteiger partial charge in [-0.25, -0.2) is 4.79 Å². The molecule has 1 rings (SSSR count). The summed E-state index contributed by atoms with van der Waals surface area (Å²) in [6.07, 6.45) is -5.43. The van der Waals surface area contributed by atoms with Crippen molar-refractivity contribution in [2.45, 2.75) is 12.8 Å². The lowest BCUT2D eigenvalue weighted by atomic mass is 10.1. The SMILES string of the molecule is COC(=O)C(=O)Cc1ccc(O)c(OC(F)(F)F)c1. The van der Waals surface area contributed by atoms with Crippen molar-refractivity contribution in [2.24, 2.45) is 0 Å². The third-order valence-corrected chi connectivity index (χ3v) is 2.03. The molecule has 0 amide bonds. The first kappa shape index (κ1) is 14.8. The summed E-state index contributed by atoms with van der Waals surface area (Å²) in [7, 11) is 1.01. The molecular weight excluding hydrogens is 269 g/mol. The first-order chi connectivity index (χ1) is 8.73. The summed E-state index contributed by atoms with van der Waals surface area (Å²) in [5.74, 6) is -3.60. The molecule has 104 valence electrons. The van der Waals surface area contributed by atoms with Gasteiger partial charge in [0.15, 0.2) is 11.5 Å². The van der Waals surface area contributed by atoms with E-state index in [0.29, 0.717) is 0 Å². The highest BCUT2D eigenvalue weighted by Gasteiger charge is 2.32. The van der Waals surface area contributed by atoms with Crippen molar-refractivity contribution in [1.29, 1.82) is 0 Å². The number of ether oxygens (including phenoxy) is 2. The number of aromatic hydroxyl groups is 1. The standard InChI is InChI=1S/C11H9F3O5/c1-18-10(17)8(16)4-6-2-3-7(15)9(5-6)19-11(12,13)14/h2-3,5,15H,4H2,1H3. The molecule has 0 bridgehead atoms. The Balaban J connectivity index is 2.90. The summed E-state index contributed by atoms with van der Waals surface area (Å²) >= 11 is 0. The average molecular weight is 278 g/mol. The summed E-state index contributed by atoms with van der Waals surface area (Å²) in [6, 6.07) is 2.95. The molecule has 1 aromatic rings. The highest BCUT2D eigenvalue weighted by molar-refractivity contribution is 6.34.